The number of ether oxygens (including phenoxy) is 1. The van der Waals surface area contributed by atoms with Crippen molar-refractivity contribution in [1.82, 2.24) is 10.2 Å². The molecular weight excluding hydrogens is 188 g/mol. The van der Waals surface area contributed by atoms with Crippen LogP contribution in [-0.2, 0) is 4.74 Å². The van der Waals surface area contributed by atoms with Gasteiger partial charge in [0.15, 0.2) is 0 Å². The normalized spacial score (nSPS) is 27.6. The number of hydrogen-bond donors (Lipinski definition) is 1. The minimum absolute atomic E-state index is 0.611. The Morgan fingerprint density at radius 2 is 2.13 bits per heavy atom. The van der Waals surface area contributed by atoms with E-state index in [2.05, 4.69) is 31.0 Å². The zero-order valence-corrected chi connectivity index (χ0v) is 10.6. The standard InChI is InChI=1S/C12H26N2O/c1-10(2)14(7-8-15-4)12-6-5-11(3)13-9-12/h10-13H,5-9H2,1-4H3. The van der Waals surface area contributed by atoms with Gasteiger partial charge in [0.2, 0.25) is 0 Å². The predicted octanol–water partition coefficient (Wildman–Crippen LogP) is 1.48. The first kappa shape index (κ1) is 12.9. The van der Waals surface area contributed by atoms with Crippen molar-refractivity contribution in [3.63, 3.8) is 0 Å². The van der Waals surface area contributed by atoms with Gasteiger partial charge in [0.25, 0.3) is 0 Å². The molecule has 1 heterocycles. The number of nitrogens with zero attached hydrogens (tertiary/aromatic N) is 1. The minimum Gasteiger partial charge on any atom is -0.383 e. The maximum atomic E-state index is 5.17. The molecule has 0 aromatic heterocycles. The molecule has 3 heteroatoms. The first-order valence-electron chi connectivity index (χ1n) is 6.13. The average molecular weight is 214 g/mol. The maximum Gasteiger partial charge on any atom is 0.0589 e. The van der Waals surface area contributed by atoms with Gasteiger partial charge in [0.05, 0.1) is 6.61 Å². The van der Waals surface area contributed by atoms with E-state index in [1.165, 1.54) is 12.8 Å². The van der Waals surface area contributed by atoms with Crippen LogP contribution in [0.1, 0.15) is 33.6 Å². The van der Waals surface area contributed by atoms with Crippen LogP contribution < -0.4 is 5.32 Å². The lowest BCUT2D eigenvalue weighted by Crippen LogP contribution is -2.52. The summed E-state index contributed by atoms with van der Waals surface area (Å²) in [5, 5.41) is 3.56. The summed E-state index contributed by atoms with van der Waals surface area (Å²) in [6.45, 7) is 9.83. The van der Waals surface area contributed by atoms with E-state index in [9.17, 15) is 0 Å². The fourth-order valence-electron chi connectivity index (χ4n) is 2.33. The van der Waals surface area contributed by atoms with Gasteiger partial charge in [-0.3, -0.25) is 4.90 Å². The first-order chi connectivity index (χ1) is 7.15. The van der Waals surface area contributed by atoms with E-state index in [0.29, 0.717) is 18.1 Å². The third kappa shape index (κ3) is 4.09. The smallest absolute Gasteiger partial charge is 0.0589 e. The van der Waals surface area contributed by atoms with Crippen molar-refractivity contribution in [1.29, 1.82) is 0 Å². The molecule has 3 nitrogen and oxygen atoms in total. The van der Waals surface area contributed by atoms with Gasteiger partial charge < -0.3 is 10.1 Å². The highest BCUT2D eigenvalue weighted by atomic mass is 16.5. The highest BCUT2D eigenvalue weighted by molar-refractivity contribution is 4.83. The van der Waals surface area contributed by atoms with E-state index in [4.69, 9.17) is 4.74 Å². The molecule has 0 aromatic carbocycles. The highest BCUT2D eigenvalue weighted by Crippen LogP contribution is 2.16. The van der Waals surface area contributed by atoms with Crippen molar-refractivity contribution in [3.8, 4) is 0 Å². The number of piperidine rings is 1. The predicted molar refractivity (Wildman–Crippen MR) is 64.2 cm³/mol. The third-order valence-corrected chi connectivity index (χ3v) is 3.32. The van der Waals surface area contributed by atoms with Gasteiger partial charge in [-0.05, 0) is 33.6 Å². The average Bonchev–Trinajstić information content (AvgIpc) is 2.21. The van der Waals surface area contributed by atoms with Gasteiger partial charge in [-0.1, -0.05) is 0 Å². The topological polar surface area (TPSA) is 24.5 Å². The van der Waals surface area contributed by atoms with Crippen LogP contribution in [0.2, 0.25) is 0 Å². The van der Waals surface area contributed by atoms with Gasteiger partial charge in [0.1, 0.15) is 0 Å². The molecule has 90 valence electrons. The van der Waals surface area contributed by atoms with Gasteiger partial charge in [0, 0.05) is 38.3 Å². The molecule has 1 fully saturated rings. The Balaban J connectivity index is 2.41. The minimum atomic E-state index is 0.611. The molecule has 0 aromatic rings. The number of hydrogen-bond acceptors (Lipinski definition) is 3. The first-order valence-corrected chi connectivity index (χ1v) is 6.13. The van der Waals surface area contributed by atoms with E-state index < -0.39 is 0 Å². The van der Waals surface area contributed by atoms with E-state index in [1.807, 2.05) is 0 Å². The fourth-order valence-corrected chi connectivity index (χ4v) is 2.33. The second-order valence-corrected chi connectivity index (χ2v) is 4.86. The molecule has 1 N–H and O–H groups in total. The highest BCUT2D eigenvalue weighted by Gasteiger charge is 2.24. The van der Waals surface area contributed by atoms with Crippen LogP contribution in [0.25, 0.3) is 0 Å². The van der Waals surface area contributed by atoms with Gasteiger partial charge in [-0.2, -0.15) is 0 Å². The summed E-state index contributed by atoms with van der Waals surface area (Å²) in [5.41, 5.74) is 0. The quantitative estimate of drug-likeness (QED) is 0.750. The van der Waals surface area contributed by atoms with E-state index in [1.54, 1.807) is 7.11 Å². The molecule has 1 aliphatic heterocycles. The number of rotatable bonds is 5. The summed E-state index contributed by atoms with van der Waals surface area (Å²) in [5.74, 6) is 0. The summed E-state index contributed by atoms with van der Waals surface area (Å²) in [4.78, 5) is 2.56. The van der Waals surface area contributed by atoms with Crippen LogP contribution in [0, 0.1) is 0 Å². The monoisotopic (exact) mass is 214 g/mol. The molecule has 0 saturated carbocycles. The second kappa shape index (κ2) is 6.46. The van der Waals surface area contributed by atoms with Crippen molar-refractivity contribution in [2.75, 3.05) is 26.8 Å². The van der Waals surface area contributed by atoms with Gasteiger partial charge >= 0.3 is 0 Å². The van der Waals surface area contributed by atoms with Crippen LogP contribution in [-0.4, -0.2) is 49.8 Å². The Bertz CT molecular complexity index is 165. The van der Waals surface area contributed by atoms with Gasteiger partial charge in [-0.25, -0.2) is 0 Å². The van der Waals surface area contributed by atoms with Crippen molar-refractivity contribution in [2.45, 2.75) is 51.7 Å². The van der Waals surface area contributed by atoms with E-state index in [-0.39, 0.29) is 0 Å². The van der Waals surface area contributed by atoms with E-state index >= 15 is 0 Å². The zero-order valence-electron chi connectivity index (χ0n) is 10.6. The molecule has 0 aliphatic carbocycles. The van der Waals surface area contributed by atoms with Crippen molar-refractivity contribution < 1.29 is 4.74 Å². The zero-order chi connectivity index (χ0) is 11.3. The van der Waals surface area contributed by atoms with Gasteiger partial charge in [-0.15, -0.1) is 0 Å². The molecule has 15 heavy (non-hydrogen) atoms. The molecule has 0 amide bonds. The molecule has 0 spiro atoms. The molecule has 1 rings (SSSR count). The van der Waals surface area contributed by atoms with Crippen LogP contribution >= 0.6 is 0 Å². The molecule has 2 unspecified atom stereocenters. The van der Waals surface area contributed by atoms with Crippen LogP contribution in [0.4, 0.5) is 0 Å². The van der Waals surface area contributed by atoms with Crippen LogP contribution in [0.15, 0.2) is 0 Å². The summed E-state index contributed by atoms with van der Waals surface area (Å²) in [7, 11) is 1.78. The molecule has 0 bridgehead atoms. The van der Waals surface area contributed by atoms with E-state index in [0.717, 1.165) is 19.7 Å². The summed E-state index contributed by atoms with van der Waals surface area (Å²) in [6, 6.07) is 1.99. The summed E-state index contributed by atoms with van der Waals surface area (Å²) in [6.07, 6.45) is 2.61. The number of methoxy groups -OCH3 is 1. The van der Waals surface area contributed by atoms with Crippen molar-refractivity contribution >= 4 is 0 Å². The van der Waals surface area contributed by atoms with Crippen molar-refractivity contribution in [2.24, 2.45) is 0 Å². The Kier molecular flexibility index (Phi) is 5.58. The van der Waals surface area contributed by atoms with Crippen LogP contribution in [0.5, 0.6) is 0 Å². The lowest BCUT2D eigenvalue weighted by molar-refractivity contribution is 0.0792. The SMILES string of the molecule is COCCN(C(C)C)C1CCC(C)NC1. The largest absolute Gasteiger partial charge is 0.383 e. The molecule has 1 aliphatic rings. The molecule has 1 saturated heterocycles. The fraction of sp³-hybridized carbons (Fsp3) is 1.00. The Hall–Kier alpha value is -0.120. The molecule has 0 radical (unpaired) electrons. The number of nitrogens with one attached hydrogen (secondary N) is 1. The Morgan fingerprint density at radius 1 is 1.40 bits per heavy atom. The van der Waals surface area contributed by atoms with Crippen molar-refractivity contribution in [3.05, 3.63) is 0 Å². The van der Waals surface area contributed by atoms with Crippen LogP contribution in [0.3, 0.4) is 0 Å². The molecule has 2 atom stereocenters. The Labute approximate surface area is 94.2 Å². The Morgan fingerprint density at radius 3 is 2.60 bits per heavy atom. The summed E-state index contributed by atoms with van der Waals surface area (Å²) >= 11 is 0. The maximum absolute atomic E-state index is 5.17. The third-order valence-electron chi connectivity index (χ3n) is 3.32. The molecular formula is C12H26N2O. The summed E-state index contributed by atoms with van der Waals surface area (Å²) < 4.78 is 5.17. The second-order valence-electron chi connectivity index (χ2n) is 4.86. The lowest BCUT2D eigenvalue weighted by atomic mass is 9.99. The lowest BCUT2D eigenvalue weighted by Gasteiger charge is -2.39.